The Balaban J connectivity index is 1.66. The van der Waals surface area contributed by atoms with Crippen molar-refractivity contribution in [2.24, 2.45) is 11.5 Å². The zero-order valence-corrected chi connectivity index (χ0v) is 22.8. The van der Waals surface area contributed by atoms with Crippen LogP contribution in [0.4, 0.5) is 0 Å². The summed E-state index contributed by atoms with van der Waals surface area (Å²) in [6, 6.07) is 15.2. The van der Waals surface area contributed by atoms with Gasteiger partial charge < -0.3 is 21.2 Å². The molecular formula is C28H35ClN8O2. The van der Waals surface area contributed by atoms with E-state index < -0.39 is 18.1 Å². The van der Waals surface area contributed by atoms with Gasteiger partial charge in [-0.2, -0.15) is 5.21 Å². The van der Waals surface area contributed by atoms with Gasteiger partial charge in [-0.15, -0.1) is 10.2 Å². The number of aromatic nitrogens is 6. The molecule has 2 heterocycles. The van der Waals surface area contributed by atoms with Crippen molar-refractivity contribution in [3.8, 4) is 22.5 Å². The lowest BCUT2D eigenvalue weighted by Gasteiger charge is -2.20. The number of nitrogens with two attached hydrogens (primary N) is 2. The molecule has 206 valence electrons. The number of imidazole rings is 1. The predicted octanol–water partition coefficient (Wildman–Crippen LogP) is 4.54. The van der Waals surface area contributed by atoms with E-state index >= 15 is 0 Å². The van der Waals surface area contributed by atoms with Crippen LogP contribution in [0.3, 0.4) is 0 Å². The van der Waals surface area contributed by atoms with Crippen LogP contribution in [0.2, 0.25) is 5.15 Å². The van der Waals surface area contributed by atoms with E-state index in [4.69, 9.17) is 27.8 Å². The van der Waals surface area contributed by atoms with Gasteiger partial charge in [0, 0.05) is 18.4 Å². The maximum atomic E-state index is 13.0. The second-order valence-electron chi connectivity index (χ2n) is 9.49. The first kappa shape index (κ1) is 28.4. The fourth-order valence-electron chi connectivity index (χ4n) is 4.41. The van der Waals surface area contributed by atoms with Gasteiger partial charge in [-0.05, 0) is 53.8 Å². The minimum Gasteiger partial charge on any atom is -0.454 e. The SMILES string of the molecule is CCCCc1nc(Cl)c([C@H](Cc2ccc(-c3ccccc3)c(-c3nn[nH]n3)c2)OC(=O)[C@@H](N)CCCCN)[nH]1. The van der Waals surface area contributed by atoms with Crippen molar-refractivity contribution in [3.63, 3.8) is 0 Å². The Bertz CT molecular complexity index is 1330. The third-order valence-electron chi connectivity index (χ3n) is 6.53. The van der Waals surface area contributed by atoms with Crippen molar-refractivity contribution < 1.29 is 9.53 Å². The number of aromatic amines is 2. The second kappa shape index (κ2) is 14.0. The number of hydrogen-bond acceptors (Lipinski definition) is 8. The smallest absolute Gasteiger partial charge is 0.323 e. The Morgan fingerprint density at radius 3 is 2.64 bits per heavy atom. The second-order valence-corrected chi connectivity index (χ2v) is 9.85. The van der Waals surface area contributed by atoms with Crippen LogP contribution in [-0.2, 0) is 22.4 Å². The van der Waals surface area contributed by atoms with Crippen LogP contribution in [0.25, 0.3) is 22.5 Å². The van der Waals surface area contributed by atoms with Crippen LogP contribution in [0.15, 0.2) is 48.5 Å². The van der Waals surface area contributed by atoms with Gasteiger partial charge in [-0.1, -0.05) is 73.8 Å². The van der Waals surface area contributed by atoms with E-state index in [1.807, 2.05) is 48.5 Å². The van der Waals surface area contributed by atoms with Gasteiger partial charge in [0.15, 0.2) is 5.15 Å². The molecule has 39 heavy (non-hydrogen) atoms. The molecule has 0 aliphatic carbocycles. The number of aryl methyl sites for hydroxylation is 1. The Kier molecular flexibility index (Phi) is 10.2. The fraction of sp³-hybridized carbons (Fsp3) is 0.393. The normalized spacial score (nSPS) is 12.8. The Morgan fingerprint density at radius 2 is 1.92 bits per heavy atom. The highest BCUT2D eigenvalue weighted by molar-refractivity contribution is 6.30. The molecule has 2 aromatic carbocycles. The van der Waals surface area contributed by atoms with Gasteiger partial charge in [0.2, 0.25) is 5.82 Å². The number of unbranched alkanes of at least 4 members (excludes halogenated alkanes) is 2. The maximum absolute atomic E-state index is 13.0. The lowest BCUT2D eigenvalue weighted by Crippen LogP contribution is -2.33. The minimum absolute atomic E-state index is 0.287. The highest BCUT2D eigenvalue weighted by atomic mass is 35.5. The molecule has 6 N–H and O–H groups in total. The number of benzene rings is 2. The summed E-state index contributed by atoms with van der Waals surface area (Å²) in [5.41, 5.74) is 16.0. The topological polar surface area (TPSA) is 161 Å². The molecule has 10 nitrogen and oxygen atoms in total. The molecule has 4 aromatic rings. The summed E-state index contributed by atoms with van der Waals surface area (Å²) in [6.45, 7) is 2.67. The van der Waals surface area contributed by atoms with Crippen molar-refractivity contribution >= 4 is 17.6 Å². The van der Waals surface area contributed by atoms with E-state index in [1.54, 1.807) is 0 Å². The number of H-pyrrole nitrogens is 2. The van der Waals surface area contributed by atoms with Crippen molar-refractivity contribution in [2.75, 3.05) is 6.54 Å². The number of carbonyl (C=O) groups is 1. The molecule has 0 saturated heterocycles. The number of tetrazole rings is 1. The standard InChI is InChI=1S/C28H35ClN8O2/c1-2-3-12-24-32-25(26(29)33-24)23(39-28(38)22(31)11-7-8-15-30)17-18-13-14-20(19-9-5-4-6-10-19)21(16-18)27-34-36-37-35-27/h4-6,9-10,13-14,16,22-23H,2-3,7-8,11-12,15,17,30-31H2,1H3,(H,32,33)(H,34,35,36,37)/t22-,23-/m0/s1. The van der Waals surface area contributed by atoms with E-state index in [-0.39, 0.29) is 5.15 Å². The lowest BCUT2D eigenvalue weighted by atomic mass is 9.95. The zero-order chi connectivity index (χ0) is 27.6. The summed E-state index contributed by atoms with van der Waals surface area (Å²) in [6.07, 6.45) is 4.41. The van der Waals surface area contributed by atoms with Crippen molar-refractivity contribution in [2.45, 2.75) is 64.0 Å². The number of halogens is 1. The molecule has 0 unspecified atom stereocenters. The van der Waals surface area contributed by atoms with Crippen LogP contribution in [0.1, 0.15) is 62.2 Å². The highest BCUT2D eigenvalue weighted by Crippen LogP contribution is 2.34. The molecule has 0 fully saturated rings. The summed E-state index contributed by atoms with van der Waals surface area (Å²) in [5.74, 6) is 0.738. The zero-order valence-electron chi connectivity index (χ0n) is 22.1. The summed E-state index contributed by atoms with van der Waals surface area (Å²) < 4.78 is 5.98. The van der Waals surface area contributed by atoms with E-state index in [2.05, 4.69) is 37.5 Å². The molecule has 0 bridgehead atoms. The summed E-state index contributed by atoms with van der Waals surface area (Å²) in [7, 11) is 0. The molecule has 0 aliphatic heterocycles. The van der Waals surface area contributed by atoms with Crippen LogP contribution >= 0.6 is 11.6 Å². The number of carbonyl (C=O) groups excluding carboxylic acids is 1. The van der Waals surface area contributed by atoms with Gasteiger partial charge in [-0.3, -0.25) is 4.79 Å². The number of esters is 1. The van der Waals surface area contributed by atoms with Gasteiger partial charge in [0.05, 0.1) is 5.69 Å². The van der Waals surface area contributed by atoms with E-state index in [0.717, 1.165) is 60.2 Å². The van der Waals surface area contributed by atoms with Crippen LogP contribution < -0.4 is 11.5 Å². The van der Waals surface area contributed by atoms with Gasteiger partial charge in [0.25, 0.3) is 0 Å². The molecule has 4 rings (SSSR count). The Morgan fingerprint density at radius 1 is 1.10 bits per heavy atom. The summed E-state index contributed by atoms with van der Waals surface area (Å²) in [4.78, 5) is 20.8. The number of nitrogens with one attached hydrogen (secondary N) is 2. The molecule has 11 heteroatoms. The first-order valence-corrected chi connectivity index (χ1v) is 13.7. The van der Waals surface area contributed by atoms with Crippen LogP contribution in [0, 0.1) is 0 Å². The number of hydrogen-bond donors (Lipinski definition) is 4. The summed E-state index contributed by atoms with van der Waals surface area (Å²) in [5, 5.41) is 15.0. The number of rotatable bonds is 14. The van der Waals surface area contributed by atoms with Crippen molar-refractivity contribution in [1.29, 1.82) is 0 Å². The average Bonchev–Trinajstić information content (AvgIpc) is 3.62. The lowest BCUT2D eigenvalue weighted by molar-refractivity contribution is -0.151. The number of nitrogens with zero attached hydrogens (tertiary/aromatic N) is 4. The molecule has 2 aromatic heterocycles. The van der Waals surface area contributed by atoms with E-state index in [0.29, 0.717) is 30.9 Å². The predicted molar refractivity (Wildman–Crippen MR) is 151 cm³/mol. The quantitative estimate of drug-likeness (QED) is 0.131. The highest BCUT2D eigenvalue weighted by Gasteiger charge is 2.27. The molecule has 0 spiro atoms. The van der Waals surface area contributed by atoms with Gasteiger partial charge >= 0.3 is 5.97 Å². The van der Waals surface area contributed by atoms with Gasteiger partial charge in [0.1, 0.15) is 18.0 Å². The van der Waals surface area contributed by atoms with Crippen molar-refractivity contribution in [1.82, 2.24) is 30.6 Å². The van der Waals surface area contributed by atoms with Crippen molar-refractivity contribution in [3.05, 3.63) is 70.8 Å². The Labute approximate surface area is 232 Å². The fourth-order valence-corrected chi connectivity index (χ4v) is 4.68. The molecule has 0 saturated carbocycles. The first-order valence-electron chi connectivity index (χ1n) is 13.3. The van der Waals surface area contributed by atoms with Crippen LogP contribution in [0.5, 0.6) is 0 Å². The molecule has 2 atom stereocenters. The third-order valence-corrected chi connectivity index (χ3v) is 6.82. The molecule has 0 amide bonds. The molecule has 0 radical (unpaired) electrons. The number of ether oxygens (including phenoxy) is 1. The molecule has 0 aliphatic rings. The van der Waals surface area contributed by atoms with E-state index in [9.17, 15) is 4.79 Å². The maximum Gasteiger partial charge on any atom is 0.323 e. The van der Waals surface area contributed by atoms with E-state index in [1.165, 1.54) is 0 Å². The average molecular weight is 551 g/mol. The monoisotopic (exact) mass is 550 g/mol. The summed E-state index contributed by atoms with van der Waals surface area (Å²) >= 11 is 6.56. The largest absolute Gasteiger partial charge is 0.454 e. The minimum atomic E-state index is -0.754. The van der Waals surface area contributed by atoms with Crippen LogP contribution in [-0.4, -0.2) is 49.1 Å². The Hall–Kier alpha value is -3.60. The third kappa shape index (κ3) is 7.50. The first-order chi connectivity index (χ1) is 19.0. The van der Waals surface area contributed by atoms with Gasteiger partial charge in [-0.25, -0.2) is 4.98 Å². The molecular weight excluding hydrogens is 516 g/mol.